The van der Waals surface area contributed by atoms with Crippen molar-refractivity contribution in [2.45, 2.75) is 32.7 Å². The Balaban J connectivity index is 1.41. The minimum atomic E-state index is -0.132. The molecule has 0 aliphatic carbocycles. The van der Waals surface area contributed by atoms with Crippen molar-refractivity contribution in [3.8, 4) is 56.9 Å². The summed E-state index contributed by atoms with van der Waals surface area (Å²) in [7, 11) is 6.52. The van der Waals surface area contributed by atoms with Crippen molar-refractivity contribution in [2.75, 3.05) is 28.4 Å². The second-order valence-electron chi connectivity index (χ2n) is 13.4. The summed E-state index contributed by atoms with van der Waals surface area (Å²) in [6, 6.07) is 33.9. The number of nitrogens with zero attached hydrogens (tertiary/aromatic N) is 2. The number of rotatable bonds is 13. The minimum absolute atomic E-state index is 0.132. The Labute approximate surface area is 319 Å². The van der Waals surface area contributed by atoms with Crippen molar-refractivity contribution in [1.82, 2.24) is 9.13 Å². The summed E-state index contributed by atoms with van der Waals surface area (Å²) < 4.78 is 40.0. The largest absolute Gasteiger partial charge is 0.493 e. The second-order valence-corrected chi connectivity index (χ2v) is 13.4. The predicted octanol–water partition coefficient (Wildman–Crippen LogP) is 9.22. The summed E-state index contributed by atoms with van der Waals surface area (Å²) in [5.41, 5.74) is 7.91. The number of allylic oxidation sites excluding steroid dienone is 1. The fourth-order valence-corrected chi connectivity index (χ4v) is 7.68. The predicted molar refractivity (Wildman–Crippen MR) is 216 cm³/mol. The molecule has 9 heteroatoms. The number of aromatic nitrogens is 2. The smallest absolute Gasteiger partial charge is 0.275 e. The maximum Gasteiger partial charge on any atom is 0.275 e. The number of benzene rings is 5. The van der Waals surface area contributed by atoms with E-state index in [0.29, 0.717) is 78.3 Å². The molecule has 55 heavy (non-hydrogen) atoms. The zero-order valence-corrected chi connectivity index (χ0v) is 31.4. The summed E-state index contributed by atoms with van der Waals surface area (Å²) in [4.78, 5) is 15.0. The van der Waals surface area contributed by atoms with Crippen LogP contribution in [0.5, 0.6) is 34.5 Å². The van der Waals surface area contributed by atoms with Crippen LogP contribution < -0.4 is 34.0 Å². The lowest BCUT2D eigenvalue weighted by Crippen LogP contribution is -2.23. The van der Waals surface area contributed by atoms with Crippen molar-refractivity contribution in [3.63, 3.8) is 0 Å². The van der Waals surface area contributed by atoms with Crippen LogP contribution >= 0.6 is 0 Å². The van der Waals surface area contributed by atoms with E-state index in [4.69, 9.17) is 28.4 Å². The number of fused-ring (bicyclic) bond motifs is 7. The lowest BCUT2D eigenvalue weighted by Gasteiger charge is -2.24. The molecule has 7 aromatic rings. The Morgan fingerprint density at radius 3 is 1.89 bits per heavy atom. The highest BCUT2D eigenvalue weighted by molar-refractivity contribution is 6.17. The molecule has 5 aromatic carbocycles. The molecule has 8 rings (SSSR count). The Kier molecular flexibility index (Phi) is 9.68. The maximum absolute atomic E-state index is 15.0. The molecule has 1 aliphatic heterocycles. The molecular weight excluding hydrogens is 693 g/mol. The van der Waals surface area contributed by atoms with Crippen molar-refractivity contribution in [2.24, 2.45) is 0 Å². The van der Waals surface area contributed by atoms with Gasteiger partial charge in [0.15, 0.2) is 34.5 Å². The Hall–Kier alpha value is -6.61. The van der Waals surface area contributed by atoms with Crippen LogP contribution in [0.15, 0.2) is 121 Å². The Morgan fingerprint density at radius 1 is 0.673 bits per heavy atom. The molecular formula is C46H42N2O7. The number of ether oxygens (including phenoxy) is 6. The van der Waals surface area contributed by atoms with Gasteiger partial charge in [-0.25, -0.2) is 0 Å². The third kappa shape index (κ3) is 6.31. The van der Waals surface area contributed by atoms with Crippen LogP contribution in [0.1, 0.15) is 16.7 Å². The molecule has 278 valence electrons. The van der Waals surface area contributed by atoms with E-state index in [1.54, 1.807) is 39.1 Å². The van der Waals surface area contributed by atoms with Crippen LogP contribution in [0.25, 0.3) is 44.2 Å². The van der Waals surface area contributed by atoms with Gasteiger partial charge in [0.25, 0.3) is 5.56 Å². The highest BCUT2D eigenvalue weighted by atomic mass is 16.5. The summed E-state index contributed by atoms with van der Waals surface area (Å²) in [6.07, 6.45) is 2.42. The summed E-state index contributed by atoms with van der Waals surface area (Å²) in [5.74, 6) is 3.52. The lowest BCUT2D eigenvalue weighted by molar-refractivity contribution is 0.284. The molecule has 1 aliphatic rings. The number of pyridine rings is 1. The zero-order valence-electron chi connectivity index (χ0n) is 31.4. The molecule has 0 N–H and O–H groups in total. The topological polar surface area (TPSA) is 82.3 Å². The van der Waals surface area contributed by atoms with Gasteiger partial charge >= 0.3 is 0 Å². The standard InChI is InChI=1S/C46H42N2O7/c1-6-20-47-35-26-41(55-28-30-15-11-8-12-16-30)39(53-5)25-34(35)43-42(32-17-18-36(50-2)37(23-32)51-3)44-33-24-38(52-4)40(54-27-29-13-9-7-10-14-29)22-31(33)19-21-48(44)45(43)46(47)49/h6-18,22-26H,1,19-21,27-28H2,2-5H3. The average Bonchev–Trinajstić information content (AvgIpc) is 3.59. The van der Waals surface area contributed by atoms with Crippen molar-refractivity contribution < 1.29 is 28.4 Å². The lowest BCUT2D eigenvalue weighted by atomic mass is 9.91. The molecule has 0 radical (unpaired) electrons. The average molecular weight is 735 g/mol. The van der Waals surface area contributed by atoms with Gasteiger partial charge in [0.05, 0.1) is 39.6 Å². The SMILES string of the molecule is C=CCn1c(=O)c2c(c(-c3ccc(OC)c(OC)c3)c3n2CCc2cc(OCc4ccccc4)c(OC)cc2-3)c2cc(OC)c(OCc3ccccc3)cc21. The van der Waals surface area contributed by atoms with Gasteiger partial charge in [0.2, 0.25) is 0 Å². The van der Waals surface area contributed by atoms with E-state index in [9.17, 15) is 4.79 Å². The zero-order chi connectivity index (χ0) is 38.1. The summed E-state index contributed by atoms with van der Waals surface area (Å²) in [5, 5.41) is 1.63. The normalized spacial score (nSPS) is 11.9. The van der Waals surface area contributed by atoms with Crippen molar-refractivity contribution in [3.05, 3.63) is 143 Å². The van der Waals surface area contributed by atoms with Gasteiger partial charge in [0.1, 0.15) is 18.7 Å². The van der Waals surface area contributed by atoms with Gasteiger partial charge in [-0.15, -0.1) is 6.58 Å². The number of hydrogen-bond donors (Lipinski definition) is 0. The van der Waals surface area contributed by atoms with Crippen LogP contribution in [-0.4, -0.2) is 37.6 Å². The summed E-state index contributed by atoms with van der Waals surface area (Å²) >= 11 is 0. The van der Waals surface area contributed by atoms with Gasteiger partial charge < -0.3 is 37.6 Å². The van der Waals surface area contributed by atoms with Crippen LogP contribution in [0.2, 0.25) is 0 Å². The molecule has 0 spiro atoms. The van der Waals surface area contributed by atoms with E-state index >= 15 is 0 Å². The third-order valence-electron chi connectivity index (χ3n) is 10.3. The van der Waals surface area contributed by atoms with E-state index in [2.05, 4.69) is 17.2 Å². The quantitative estimate of drug-likeness (QED) is 0.109. The van der Waals surface area contributed by atoms with Crippen molar-refractivity contribution in [1.29, 1.82) is 0 Å². The molecule has 3 heterocycles. The first-order chi connectivity index (χ1) is 27.0. The molecule has 0 amide bonds. The number of hydrogen-bond acceptors (Lipinski definition) is 7. The van der Waals surface area contributed by atoms with Gasteiger partial charge in [-0.3, -0.25) is 4.79 Å². The number of methoxy groups -OCH3 is 4. The highest BCUT2D eigenvalue weighted by Gasteiger charge is 2.31. The first kappa shape index (κ1) is 35.4. The van der Waals surface area contributed by atoms with Gasteiger partial charge in [0, 0.05) is 41.1 Å². The van der Waals surface area contributed by atoms with Gasteiger partial charge in [-0.05, 0) is 59.0 Å². The highest BCUT2D eigenvalue weighted by Crippen LogP contribution is 2.50. The van der Waals surface area contributed by atoms with Gasteiger partial charge in [-0.2, -0.15) is 0 Å². The van der Waals surface area contributed by atoms with E-state index in [-0.39, 0.29) is 5.56 Å². The monoisotopic (exact) mass is 734 g/mol. The van der Waals surface area contributed by atoms with E-state index in [1.807, 2.05) is 97.1 Å². The van der Waals surface area contributed by atoms with Crippen LogP contribution in [-0.2, 0) is 32.7 Å². The molecule has 0 atom stereocenters. The minimum Gasteiger partial charge on any atom is -0.493 e. The molecule has 9 nitrogen and oxygen atoms in total. The van der Waals surface area contributed by atoms with E-state index in [1.165, 1.54) is 0 Å². The van der Waals surface area contributed by atoms with Crippen LogP contribution in [0.4, 0.5) is 0 Å². The van der Waals surface area contributed by atoms with Crippen LogP contribution in [0, 0.1) is 0 Å². The first-order valence-electron chi connectivity index (χ1n) is 18.2. The summed E-state index contributed by atoms with van der Waals surface area (Å²) in [6.45, 7) is 5.62. The van der Waals surface area contributed by atoms with Crippen LogP contribution in [0.3, 0.4) is 0 Å². The Bertz CT molecular complexity index is 2610. The molecule has 0 unspecified atom stereocenters. The molecule has 0 saturated carbocycles. The number of aryl methyl sites for hydroxylation is 2. The second kappa shape index (κ2) is 15.0. The first-order valence-corrected chi connectivity index (χ1v) is 18.2. The van der Waals surface area contributed by atoms with Gasteiger partial charge in [-0.1, -0.05) is 72.8 Å². The fourth-order valence-electron chi connectivity index (χ4n) is 7.68. The third-order valence-corrected chi connectivity index (χ3v) is 10.3. The van der Waals surface area contributed by atoms with E-state index < -0.39 is 0 Å². The molecule has 0 saturated heterocycles. The molecule has 0 fully saturated rings. The Morgan fingerprint density at radius 2 is 1.27 bits per heavy atom. The van der Waals surface area contributed by atoms with E-state index in [0.717, 1.165) is 49.8 Å². The maximum atomic E-state index is 15.0. The molecule has 2 aromatic heterocycles. The van der Waals surface area contributed by atoms with Crippen molar-refractivity contribution >= 4 is 21.8 Å². The molecule has 0 bridgehead atoms. The fraction of sp³-hybridized carbons (Fsp3) is 0.196.